The van der Waals surface area contributed by atoms with Crippen LogP contribution in [0.4, 0.5) is 0 Å². The number of esters is 1. The first kappa shape index (κ1) is 14.4. The second-order valence-corrected chi connectivity index (χ2v) is 5.38. The van der Waals surface area contributed by atoms with E-state index in [-0.39, 0.29) is 12.0 Å². The molecule has 1 saturated heterocycles. The van der Waals surface area contributed by atoms with Gasteiger partial charge in [0.2, 0.25) is 0 Å². The minimum Gasteiger partial charge on any atom is -0.469 e. The van der Waals surface area contributed by atoms with E-state index in [1.807, 2.05) is 24.3 Å². The third kappa shape index (κ3) is 3.95. The Balaban J connectivity index is 2.17. The van der Waals surface area contributed by atoms with Crippen LogP contribution in [0.2, 0.25) is 5.02 Å². The van der Waals surface area contributed by atoms with Gasteiger partial charge in [0, 0.05) is 11.1 Å². The predicted molar refractivity (Wildman–Crippen MR) is 76.3 cm³/mol. The summed E-state index contributed by atoms with van der Waals surface area (Å²) in [6.45, 7) is 2.09. The molecule has 1 aromatic rings. The molecule has 0 bridgehead atoms. The Hall–Kier alpha value is -1.06. The molecule has 0 radical (unpaired) electrons. The third-order valence-corrected chi connectivity index (χ3v) is 3.93. The minimum atomic E-state index is -0.162. The molecule has 2 rings (SSSR count). The van der Waals surface area contributed by atoms with Gasteiger partial charge < -0.3 is 4.74 Å². The zero-order valence-corrected chi connectivity index (χ0v) is 12.0. The molecule has 1 fully saturated rings. The second kappa shape index (κ2) is 6.92. The van der Waals surface area contributed by atoms with Crippen LogP contribution in [-0.4, -0.2) is 31.1 Å². The Kier molecular flexibility index (Phi) is 5.23. The van der Waals surface area contributed by atoms with Crippen LogP contribution < -0.4 is 0 Å². The van der Waals surface area contributed by atoms with Gasteiger partial charge in [0.25, 0.3) is 0 Å². The standard InChI is InChI=1S/C15H20ClNO2/c1-19-15(18)11-14(17-9-3-2-4-10-17)12-5-7-13(16)8-6-12/h5-8,14H,2-4,9-11H2,1H3/t14-/m0/s1. The van der Waals surface area contributed by atoms with Crippen molar-refractivity contribution < 1.29 is 9.53 Å². The summed E-state index contributed by atoms with van der Waals surface area (Å²) in [5, 5.41) is 0.721. The summed E-state index contributed by atoms with van der Waals surface area (Å²) < 4.78 is 4.83. The first-order chi connectivity index (χ1) is 9.20. The normalized spacial score (nSPS) is 18.0. The maximum atomic E-state index is 11.6. The number of piperidine rings is 1. The number of likely N-dealkylation sites (tertiary alicyclic amines) is 1. The molecule has 0 aliphatic carbocycles. The van der Waals surface area contributed by atoms with Crippen LogP contribution >= 0.6 is 11.6 Å². The van der Waals surface area contributed by atoms with E-state index >= 15 is 0 Å². The maximum Gasteiger partial charge on any atom is 0.307 e. The Labute approximate surface area is 119 Å². The second-order valence-electron chi connectivity index (χ2n) is 4.94. The molecule has 1 heterocycles. The number of nitrogens with zero attached hydrogens (tertiary/aromatic N) is 1. The molecule has 1 aliphatic heterocycles. The average molecular weight is 282 g/mol. The summed E-state index contributed by atoms with van der Waals surface area (Å²) >= 11 is 5.93. The van der Waals surface area contributed by atoms with Gasteiger partial charge in [-0.1, -0.05) is 30.2 Å². The lowest BCUT2D eigenvalue weighted by Crippen LogP contribution is -2.35. The van der Waals surface area contributed by atoms with Crippen LogP contribution in [0.1, 0.15) is 37.3 Å². The maximum absolute atomic E-state index is 11.6. The molecule has 0 saturated carbocycles. The van der Waals surface area contributed by atoms with Crippen molar-refractivity contribution >= 4 is 17.6 Å². The quantitative estimate of drug-likeness (QED) is 0.792. The molecule has 1 aliphatic rings. The fourth-order valence-electron chi connectivity index (χ4n) is 2.61. The molecule has 1 aromatic carbocycles. The summed E-state index contributed by atoms with van der Waals surface area (Å²) in [6, 6.07) is 7.87. The summed E-state index contributed by atoms with van der Waals surface area (Å²) in [6.07, 6.45) is 4.08. The molecule has 0 aromatic heterocycles. The smallest absolute Gasteiger partial charge is 0.307 e. The van der Waals surface area contributed by atoms with E-state index in [4.69, 9.17) is 16.3 Å². The first-order valence-electron chi connectivity index (χ1n) is 6.77. The third-order valence-electron chi connectivity index (χ3n) is 3.67. The van der Waals surface area contributed by atoms with E-state index in [9.17, 15) is 4.79 Å². The van der Waals surface area contributed by atoms with Crippen molar-refractivity contribution in [2.75, 3.05) is 20.2 Å². The van der Waals surface area contributed by atoms with Crippen molar-refractivity contribution in [2.45, 2.75) is 31.7 Å². The number of rotatable bonds is 4. The summed E-state index contributed by atoms with van der Waals surface area (Å²) in [4.78, 5) is 14.0. The van der Waals surface area contributed by atoms with Crippen molar-refractivity contribution in [3.05, 3.63) is 34.9 Å². The Morgan fingerprint density at radius 3 is 2.47 bits per heavy atom. The average Bonchev–Trinajstić information content (AvgIpc) is 2.46. The molecular weight excluding hydrogens is 262 g/mol. The van der Waals surface area contributed by atoms with Gasteiger partial charge >= 0.3 is 5.97 Å². The van der Waals surface area contributed by atoms with Gasteiger partial charge in [-0.05, 0) is 43.6 Å². The molecule has 0 spiro atoms. The number of halogens is 1. The van der Waals surface area contributed by atoms with E-state index in [0.29, 0.717) is 6.42 Å². The SMILES string of the molecule is COC(=O)C[C@@H](c1ccc(Cl)cc1)N1CCCCC1. The van der Waals surface area contributed by atoms with Crippen molar-refractivity contribution in [3.8, 4) is 0 Å². The Morgan fingerprint density at radius 2 is 1.89 bits per heavy atom. The van der Waals surface area contributed by atoms with E-state index < -0.39 is 0 Å². The molecule has 0 N–H and O–H groups in total. The summed E-state index contributed by atoms with van der Waals surface area (Å²) in [5.74, 6) is -0.162. The van der Waals surface area contributed by atoms with Crippen LogP contribution in [0.15, 0.2) is 24.3 Å². The molecule has 104 valence electrons. The predicted octanol–water partition coefficient (Wildman–Crippen LogP) is 3.43. The van der Waals surface area contributed by atoms with Gasteiger partial charge in [-0.15, -0.1) is 0 Å². The van der Waals surface area contributed by atoms with E-state index in [1.54, 1.807) is 0 Å². The highest BCUT2D eigenvalue weighted by Crippen LogP contribution is 2.28. The van der Waals surface area contributed by atoms with Gasteiger partial charge in [0.1, 0.15) is 0 Å². The number of ether oxygens (including phenoxy) is 1. The lowest BCUT2D eigenvalue weighted by atomic mass is 9.99. The van der Waals surface area contributed by atoms with Gasteiger partial charge in [0.15, 0.2) is 0 Å². The van der Waals surface area contributed by atoms with E-state index in [1.165, 1.54) is 26.4 Å². The van der Waals surface area contributed by atoms with Crippen molar-refractivity contribution in [1.82, 2.24) is 4.90 Å². The number of hydrogen-bond donors (Lipinski definition) is 0. The molecule has 3 nitrogen and oxygen atoms in total. The fraction of sp³-hybridized carbons (Fsp3) is 0.533. The highest BCUT2D eigenvalue weighted by Gasteiger charge is 2.24. The van der Waals surface area contributed by atoms with E-state index in [2.05, 4.69) is 4.90 Å². The molecule has 19 heavy (non-hydrogen) atoms. The zero-order chi connectivity index (χ0) is 13.7. The summed E-state index contributed by atoms with van der Waals surface area (Å²) in [5.41, 5.74) is 1.14. The Bertz CT molecular complexity index is 413. The zero-order valence-electron chi connectivity index (χ0n) is 11.3. The number of methoxy groups -OCH3 is 1. The Morgan fingerprint density at radius 1 is 1.26 bits per heavy atom. The lowest BCUT2D eigenvalue weighted by molar-refractivity contribution is -0.142. The lowest BCUT2D eigenvalue weighted by Gasteiger charge is -2.34. The summed E-state index contributed by atoms with van der Waals surface area (Å²) in [7, 11) is 1.44. The molecule has 4 heteroatoms. The molecule has 1 atom stereocenters. The molecule has 0 amide bonds. The monoisotopic (exact) mass is 281 g/mol. The topological polar surface area (TPSA) is 29.5 Å². The van der Waals surface area contributed by atoms with Gasteiger partial charge in [-0.25, -0.2) is 0 Å². The number of carbonyl (C=O) groups excluding carboxylic acids is 1. The van der Waals surface area contributed by atoms with Gasteiger partial charge in [0.05, 0.1) is 13.5 Å². The largest absolute Gasteiger partial charge is 0.469 e. The number of hydrogen-bond acceptors (Lipinski definition) is 3. The van der Waals surface area contributed by atoms with Crippen molar-refractivity contribution in [3.63, 3.8) is 0 Å². The van der Waals surface area contributed by atoms with Crippen LogP contribution in [0.3, 0.4) is 0 Å². The van der Waals surface area contributed by atoms with Crippen molar-refractivity contribution in [1.29, 1.82) is 0 Å². The highest BCUT2D eigenvalue weighted by atomic mass is 35.5. The van der Waals surface area contributed by atoms with Crippen LogP contribution in [-0.2, 0) is 9.53 Å². The minimum absolute atomic E-state index is 0.102. The van der Waals surface area contributed by atoms with Crippen LogP contribution in [0.25, 0.3) is 0 Å². The molecule has 0 unspecified atom stereocenters. The fourth-order valence-corrected chi connectivity index (χ4v) is 2.74. The van der Waals surface area contributed by atoms with Crippen LogP contribution in [0.5, 0.6) is 0 Å². The number of carbonyl (C=O) groups is 1. The molecular formula is C15H20ClNO2. The van der Waals surface area contributed by atoms with Gasteiger partial charge in [-0.3, -0.25) is 9.69 Å². The number of benzene rings is 1. The van der Waals surface area contributed by atoms with E-state index in [0.717, 1.165) is 23.7 Å². The highest BCUT2D eigenvalue weighted by molar-refractivity contribution is 6.30. The van der Waals surface area contributed by atoms with Gasteiger partial charge in [-0.2, -0.15) is 0 Å². The van der Waals surface area contributed by atoms with Crippen LogP contribution in [0, 0.1) is 0 Å². The van der Waals surface area contributed by atoms with Crippen molar-refractivity contribution in [2.24, 2.45) is 0 Å². The first-order valence-corrected chi connectivity index (χ1v) is 7.15.